The third kappa shape index (κ3) is 2.72. The van der Waals surface area contributed by atoms with Gasteiger partial charge in [0, 0.05) is 20.5 Å². The molecule has 2 heterocycles. The number of carbonyl (C=O) groups excluding carboxylic acids is 1. The maximum atomic E-state index is 11.6. The van der Waals surface area contributed by atoms with Crippen molar-refractivity contribution in [2.75, 3.05) is 30.0 Å². The molecule has 104 valence electrons. The molecular formula is C13H21N5O. The second-order valence-electron chi connectivity index (χ2n) is 4.98. The number of anilines is 3. The van der Waals surface area contributed by atoms with Crippen LogP contribution in [0.1, 0.15) is 26.2 Å². The van der Waals surface area contributed by atoms with Crippen LogP contribution in [0.25, 0.3) is 0 Å². The van der Waals surface area contributed by atoms with Gasteiger partial charge in [0.1, 0.15) is 6.17 Å². The van der Waals surface area contributed by atoms with Crippen LogP contribution in [-0.4, -0.2) is 35.5 Å². The lowest BCUT2D eigenvalue weighted by Gasteiger charge is -2.41. The number of hydrogen-bond acceptors (Lipinski definition) is 5. The van der Waals surface area contributed by atoms with E-state index in [0.717, 1.165) is 25.8 Å². The van der Waals surface area contributed by atoms with E-state index >= 15 is 0 Å². The van der Waals surface area contributed by atoms with Crippen LogP contribution >= 0.6 is 0 Å². The summed E-state index contributed by atoms with van der Waals surface area (Å²) in [5, 5.41) is 0. The first kappa shape index (κ1) is 13.5. The summed E-state index contributed by atoms with van der Waals surface area (Å²) in [7, 11) is 1.82. The molecular weight excluding hydrogens is 242 g/mol. The predicted octanol–water partition coefficient (Wildman–Crippen LogP) is 1.04. The van der Waals surface area contributed by atoms with E-state index in [9.17, 15) is 4.79 Å². The molecule has 1 aromatic rings. The summed E-state index contributed by atoms with van der Waals surface area (Å²) in [6.07, 6.45) is 4.73. The Kier molecular flexibility index (Phi) is 3.78. The Labute approximate surface area is 113 Å². The Morgan fingerprint density at radius 3 is 2.84 bits per heavy atom. The van der Waals surface area contributed by atoms with Gasteiger partial charge in [-0.1, -0.05) is 0 Å². The van der Waals surface area contributed by atoms with Gasteiger partial charge in [-0.3, -0.25) is 4.79 Å². The molecule has 0 aliphatic carbocycles. The van der Waals surface area contributed by atoms with E-state index in [-0.39, 0.29) is 12.1 Å². The second-order valence-corrected chi connectivity index (χ2v) is 4.98. The summed E-state index contributed by atoms with van der Waals surface area (Å²) < 4.78 is 0. The Balaban J connectivity index is 2.31. The van der Waals surface area contributed by atoms with Crippen molar-refractivity contribution in [1.29, 1.82) is 0 Å². The molecule has 6 nitrogen and oxygen atoms in total. The van der Waals surface area contributed by atoms with Crippen molar-refractivity contribution < 1.29 is 4.79 Å². The van der Waals surface area contributed by atoms with Crippen LogP contribution in [0.15, 0.2) is 12.3 Å². The molecule has 19 heavy (non-hydrogen) atoms. The van der Waals surface area contributed by atoms with Crippen LogP contribution in [0, 0.1) is 0 Å². The zero-order valence-electron chi connectivity index (χ0n) is 11.5. The number of amides is 1. The molecule has 0 spiro atoms. The highest BCUT2D eigenvalue weighted by molar-refractivity contribution is 5.74. The van der Waals surface area contributed by atoms with Crippen molar-refractivity contribution in [2.24, 2.45) is 0 Å². The van der Waals surface area contributed by atoms with Gasteiger partial charge >= 0.3 is 0 Å². The van der Waals surface area contributed by atoms with Gasteiger partial charge in [0.2, 0.25) is 5.91 Å². The Bertz CT molecular complexity index is 476. The Morgan fingerprint density at radius 1 is 1.47 bits per heavy atom. The molecule has 2 rings (SSSR count). The van der Waals surface area contributed by atoms with Crippen molar-refractivity contribution in [3.05, 3.63) is 12.3 Å². The smallest absolute Gasteiger partial charge is 0.220 e. The molecule has 1 aliphatic rings. The van der Waals surface area contributed by atoms with Crippen LogP contribution in [0.5, 0.6) is 0 Å². The van der Waals surface area contributed by atoms with Gasteiger partial charge in [0.15, 0.2) is 5.82 Å². The molecule has 1 aromatic heterocycles. The van der Waals surface area contributed by atoms with E-state index in [4.69, 9.17) is 11.5 Å². The van der Waals surface area contributed by atoms with Crippen LogP contribution < -0.4 is 16.4 Å². The van der Waals surface area contributed by atoms with E-state index in [1.807, 2.05) is 7.05 Å². The molecule has 6 heteroatoms. The molecule has 1 fully saturated rings. The number of carbonyl (C=O) groups is 1. The lowest BCUT2D eigenvalue weighted by Crippen LogP contribution is -2.51. The summed E-state index contributed by atoms with van der Waals surface area (Å²) >= 11 is 0. The highest BCUT2D eigenvalue weighted by Crippen LogP contribution is 2.29. The molecule has 0 bridgehead atoms. The van der Waals surface area contributed by atoms with Gasteiger partial charge in [0.05, 0.1) is 17.6 Å². The second kappa shape index (κ2) is 5.34. The van der Waals surface area contributed by atoms with Crippen LogP contribution in [-0.2, 0) is 4.79 Å². The topological polar surface area (TPSA) is 88.5 Å². The highest BCUT2D eigenvalue weighted by atomic mass is 16.2. The highest BCUT2D eigenvalue weighted by Gasteiger charge is 2.29. The summed E-state index contributed by atoms with van der Waals surface area (Å²) in [5.74, 6) is 0.762. The van der Waals surface area contributed by atoms with Crippen LogP contribution in [0.4, 0.5) is 17.2 Å². The molecule has 0 radical (unpaired) electrons. The zero-order chi connectivity index (χ0) is 14.0. The number of nitrogen functional groups attached to an aromatic ring is 2. The van der Waals surface area contributed by atoms with Crippen molar-refractivity contribution in [2.45, 2.75) is 32.4 Å². The summed E-state index contributed by atoms with van der Waals surface area (Å²) in [4.78, 5) is 19.8. The first-order valence-electron chi connectivity index (χ1n) is 6.51. The molecule has 1 unspecified atom stereocenters. The summed E-state index contributed by atoms with van der Waals surface area (Å²) in [6.45, 7) is 2.43. The minimum absolute atomic E-state index is 0.0182. The fourth-order valence-electron chi connectivity index (χ4n) is 2.51. The van der Waals surface area contributed by atoms with Crippen LogP contribution in [0.3, 0.4) is 0 Å². The number of piperidine rings is 1. The molecule has 1 atom stereocenters. The van der Waals surface area contributed by atoms with Gasteiger partial charge in [-0.05, 0) is 25.3 Å². The minimum atomic E-state index is 0.0182. The molecule has 1 saturated heterocycles. The lowest BCUT2D eigenvalue weighted by molar-refractivity contribution is -0.129. The van der Waals surface area contributed by atoms with Crippen molar-refractivity contribution in [3.63, 3.8) is 0 Å². The van der Waals surface area contributed by atoms with Gasteiger partial charge in [0.25, 0.3) is 0 Å². The fourth-order valence-corrected chi connectivity index (χ4v) is 2.51. The summed E-state index contributed by atoms with van der Waals surface area (Å²) in [6, 6.07) is 1.71. The molecule has 4 N–H and O–H groups in total. The monoisotopic (exact) mass is 263 g/mol. The van der Waals surface area contributed by atoms with Gasteiger partial charge in [-0.15, -0.1) is 0 Å². The normalized spacial score (nSPS) is 19.3. The molecule has 1 aliphatic heterocycles. The van der Waals surface area contributed by atoms with Gasteiger partial charge in [-0.25, -0.2) is 4.98 Å². The number of hydrogen-bond donors (Lipinski definition) is 2. The lowest BCUT2D eigenvalue weighted by atomic mass is 10.1. The standard InChI is InChI=1S/C13H21N5O/c1-9(19)17(2)12-5-3-4-6-18(12)13-11(15)7-10(14)8-16-13/h7-8,12H,3-6,14-15H2,1-2H3. The van der Waals surface area contributed by atoms with E-state index in [2.05, 4.69) is 9.88 Å². The SMILES string of the molecule is CC(=O)N(C)C1CCCCN1c1ncc(N)cc1N. The molecule has 0 saturated carbocycles. The first-order chi connectivity index (χ1) is 9.00. The largest absolute Gasteiger partial charge is 0.397 e. The Morgan fingerprint density at radius 2 is 2.21 bits per heavy atom. The van der Waals surface area contributed by atoms with Crippen LogP contribution in [0.2, 0.25) is 0 Å². The van der Waals surface area contributed by atoms with Crippen molar-refractivity contribution >= 4 is 23.1 Å². The van der Waals surface area contributed by atoms with Gasteiger partial charge < -0.3 is 21.3 Å². The van der Waals surface area contributed by atoms with E-state index in [0.29, 0.717) is 17.2 Å². The first-order valence-corrected chi connectivity index (χ1v) is 6.51. The Hall–Kier alpha value is -1.98. The van der Waals surface area contributed by atoms with E-state index in [1.54, 1.807) is 24.1 Å². The number of nitrogens with zero attached hydrogens (tertiary/aromatic N) is 3. The van der Waals surface area contributed by atoms with E-state index < -0.39 is 0 Å². The average molecular weight is 263 g/mol. The number of pyridine rings is 1. The maximum absolute atomic E-state index is 11.6. The van der Waals surface area contributed by atoms with Gasteiger partial charge in [-0.2, -0.15) is 0 Å². The number of rotatable bonds is 2. The molecule has 1 amide bonds. The van der Waals surface area contributed by atoms with Crippen molar-refractivity contribution in [3.8, 4) is 0 Å². The summed E-state index contributed by atoms with van der Waals surface area (Å²) in [5.41, 5.74) is 12.8. The van der Waals surface area contributed by atoms with E-state index in [1.165, 1.54) is 0 Å². The average Bonchev–Trinajstić information content (AvgIpc) is 2.38. The maximum Gasteiger partial charge on any atom is 0.220 e. The number of aromatic nitrogens is 1. The quantitative estimate of drug-likeness (QED) is 0.832. The predicted molar refractivity (Wildman–Crippen MR) is 76.5 cm³/mol. The third-order valence-corrected chi connectivity index (χ3v) is 3.60. The third-order valence-electron chi connectivity index (χ3n) is 3.60. The zero-order valence-corrected chi connectivity index (χ0v) is 11.5. The number of nitrogens with two attached hydrogens (primary N) is 2. The van der Waals surface area contributed by atoms with Crippen molar-refractivity contribution in [1.82, 2.24) is 9.88 Å². The minimum Gasteiger partial charge on any atom is -0.397 e. The molecule has 0 aromatic carbocycles. The fraction of sp³-hybridized carbons (Fsp3) is 0.538.